The first-order valence-corrected chi connectivity index (χ1v) is 5.78. The number of rotatable bonds is 7. The van der Waals surface area contributed by atoms with E-state index in [0.717, 1.165) is 0 Å². The second kappa shape index (κ2) is 9.14. The Hall–Kier alpha value is 1.13. The Labute approximate surface area is 132 Å². The van der Waals surface area contributed by atoms with Crippen molar-refractivity contribution in [3.8, 4) is 0 Å². The summed E-state index contributed by atoms with van der Waals surface area (Å²) in [6.45, 7) is -0.955. The second-order valence-electron chi connectivity index (χ2n) is 3.16. The van der Waals surface area contributed by atoms with Gasteiger partial charge in [-0.15, -0.1) is 0 Å². The van der Waals surface area contributed by atoms with Crippen molar-refractivity contribution in [1.82, 2.24) is 0 Å². The van der Waals surface area contributed by atoms with Crippen molar-refractivity contribution in [3.63, 3.8) is 0 Å². The third-order valence-corrected chi connectivity index (χ3v) is 2.28. The zero-order valence-corrected chi connectivity index (χ0v) is 12.2. The van der Waals surface area contributed by atoms with Crippen molar-refractivity contribution in [3.05, 3.63) is 0 Å². The van der Waals surface area contributed by atoms with E-state index in [-0.39, 0.29) is 37.7 Å². The summed E-state index contributed by atoms with van der Waals surface area (Å²) in [7, 11) is -5.59. The second-order valence-corrected chi connectivity index (χ2v) is 4.27. The van der Waals surface area contributed by atoms with E-state index in [9.17, 15) is 14.4 Å². The van der Waals surface area contributed by atoms with Crippen molar-refractivity contribution in [2.45, 2.75) is 30.7 Å². The molecule has 0 aliphatic carbocycles. The van der Waals surface area contributed by atoms with Gasteiger partial charge in [0.2, 0.25) is 0 Å². The van der Waals surface area contributed by atoms with Gasteiger partial charge in [-0.25, -0.2) is 0 Å². The van der Waals surface area contributed by atoms with Crippen molar-refractivity contribution in [1.29, 1.82) is 0 Å². The van der Waals surface area contributed by atoms with Crippen LogP contribution in [0.2, 0.25) is 0 Å². The molecule has 104 valence electrons. The van der Waals surface area contributed by atoms with Gasteiger partial charge in [0.25, 0.3) is 0 Å². The van der Waals surface area contributed by atoms with Gasteiger partial charge in [-0.2, -0.15) is 0 Å². The van der Waals surface area contributed by atoms with Gasteiger partial charge in [0.15, 0.2) is 6.29 Å². The quantitative estimate of drug-likeness (QED) is 0.150. The third-order valence-electron chi connectivity index (χ3n) is 1.81. The van der Waals surface area contributed by atoms with E-state index in [4.69, 9.17) is 30.6 Å². The van der Waals surface area contributed by atoms with Crippen LogP contribution in [0, 0.1) is 0 Å². The summed E-state index contributed by atoms with van der Waals surface area (Å²) in [4.78, 5) is 20.1. The molecule has 0 heterocycles. The largest absolute Gasteiger partial charge is 2.00 e. The van der Waals surface area contributed by atoms with Crippen LogP contribution < -0.4 is 9.79 Å². The molecule has 1 unspecified atom stereocenters. The summed E-state index contributed by atoms with van der Waals surface area (Å²) in [6, 6.07) is 0. The van der Waals surface area contributed by atoms with E-state index in [1.807, 2.05) is 0 Å². The molecular weight excluding hydrogens is 303 g/mol. The normalized spacial score (nSPS) is 20.4. The van der Waals surface area contributed by atoms with Crippen LogP contribution in [0.5, 0.6) is 0 Å². The van der Waals surface area contributed by atoms with Gasteiger partial charge < -0.3 is 49.5 Å². The minimum Gasteiger partial charge on any atom is -0.790 e. The van der Waals surface area contributed by atoms with Crippen LogP contribution in [0.4, 0.5) is 0 Å². The number of phosphoric acid groups is 1. The van der Waals surface area contributed by atoms with Crippen LogP contribution in [0.1, 0.15) is 0 Å². The van der Waals surface area contributed by atoms with Gasteiger partial charge >= 0.3 is 37.7 Å². The molecule has 12 heteroatoms. The maximum Gasteiger partial charge on any atom is 2.00 e. The number of aliphatic hydroxyl groups is 6. The molecule has 0 aromatic heterocycles. The first-order valence-electron chi connectivity index (χ1n) is 4.31. The van der Waals surface area contributed by atoms with Gasteiger partial charge in [0.1, 0.15) is 24.4 Å². The monoisotopic (exact) mass is 316 g/mol. The van der Waals surface area contributed by atoms with E-state index < -0.39 is 45.1 Å². The number of hydrogen-bond donors (Lipinski definition) is 6. The van der Waals surface area contributed by atoms with E-state index in [2.05, 4.69) is 4.52 Å². The summed E-state index contributed by atoms with van der Waals surface area (Å²) in [5, 5.41) is 53.5. The first-order chi connectivity index (χ1) is 7.60. The maximum absolute atomic E-state index is 10.1. The molecule has 0 aliphatic rings. The minimum absolute atomic E-state index is 0. The molecule has 0 bridgehead atoms. The maximum atomic E-state index is 10.1. The Balaban J connectivity index is 0. The van der Waals surface area contributed by atoms with Crippen LogP contribution in [0.15, 0.2) is 0 Å². The Morgan fingerprint density at radius 2 is 1.44 bits per heavy atom. The van der Waals surface area contributed by atoms with Crippen molar-refractivity contribution >= 4 is 45.6 Å². The Morgan fingerprint density at radius 1 is 1.00 bits per heavy atom. The van der Waals surface area contributed by atoms with Gasteiger partial charge in [-0.1, -0.05) is 0 Å². The standard InChI is InChI=1S/C6H15O10P.Ca/c7-1-2(8)3(9)4(10)5(11)6(12)16-17(13,14)15;/h2-12H,1H2,(H2,13,14,15);/q;+2/p-2/t2-,3-,4+,5+,6?;/m1./s1. The average molecular weight is 316 g/mol. The molecule has 18 heavy (non-hydrogen) atoms. The van der Waals surface area contributed by atoms with Crippen LogP contribution in [-0.4, -0.2) is 106 Å². The molecule has 0 rings (SSSR count). The van der Waals surface area contributed by atoms with Crippen LogP contribution in [-0.2, 0) is 9.09 Å². The zero-order valence-electron chi connectivity index (χ0n) is 9.06. The molecule has 0 fully saturated rings. The topological polar surface area (TPSA) is 194 Å². The van der Waals surface area contributed by atoms with Crippen LogP contribution in [0.25, 0.3) is 0 Å². The molecule has 0 aromatic rings. The minimum atomic E-state index is -5.59. The molecule has 5 atom stereocenters. The predicted molar refractivity (Wildman–Crippen MR) is 51.6 cm³/mol. The molecule has 0 saturated carbocycles. The van der Waals surface area contributed by atoms with E-state index in [0.29, 0.717) is 0 Å². The van der Waals surface area contributed by atoms with Crippen molar-refractivity contribution in [2.24, 2.45) is 0 Å². The molecule has 0 aliphatic heterocycles. The average Bonchev–Trinajstić information content (AvgIpc) is 2.22. The van der Waals surface area contributed by atoms with Crippen molar-refractivity contribution < 1.29 is 49.5 Å². The van der Waals surface area contributed by atoms with Crippen LogP contribution >= 0.6 is 7.82 Å². The molecule has 0 amide bonds. The molecule has 10 nitrogen and oxygen atoms in total. The fourth-order valence-corrected chi connectivity index (χ4v) is 1.29. The summed E-state index contributed by atoms with van der Waals surface area (Å²) in [6.07, 6.45) is -11.1. The molecule has 6 N–H and O–H groups in total. The molecule has 0 radical (unpaired) electrons. The van der Waals surface area contributed by atoms with Gasteiger partial charge in [0, 0.05) is 0 Å². The summed E-state index contributed by atoms with van der Waals surface area (Å²) >= 11 is 0. The Morgan fingerprint density at radius 3 is 1.78 bits per heavy atom. The SMILES string of the molecule is O=P([O-])([O-])OC(O)[C@@H](O)[C@@H](O)[C@H](O)[C@H](O)CO.[Ca+2]. The summed E-state index contributed by atoms with van der Waals surface area (Å²) in [5.74, 6) is 0. The van der Waals surface area contributed by atoms with Gasteiger partial charge in [0.05, 0.1) is 14.4 Å². The predicted octanol–water partition coefficient (Wildman–Crippen LogP) is -5.79. The summed E-state index contributed by atoms with van der Waals surface area (Å²) in [5.41, 5.74) is 0. The number of phosphoric ester groups is 1. The van der Waals surface area contributed by atoms with Gasteiger partial charge in [-0.05, 0) is 0 Å². The number of aliphatic hydroxyl groups excluding tert-OH is 6. The molecule has 0 spiro atoms. The number of hydrogen-bond acceptors (Lipinski definition) is 10. The van der Waals surface area contributed by atoms with E-state index in [1.165, 1.54) is 0 Å². The smallest absolute Gasteiger partial charge is 0.790 e. The van der Waals surface area contributed by atoms with E-state index >= 15 is 0 Å². The Bertz CT molecular complexity index is 271. The molecular formula is C6H13CaO10P. The fraction of sp³-hybridized carbons (Fsp3) is 1.00. The van der Waals surface area contributed by atoms with Crippen LogP contribution in [0.3, 0.4) is 0 Å². The first kappa shape index (κ1) is 21.4. The summed E-state index contributed by atoms with van der Waals surface area (Å²) < 4.78 is 13.5. The fourth-order valence-electron chi connectivity index (χ4n) is 0.901. The van der Waals surface area contributed by atoms with E-state index in [1.54, 1.807) is 0 Å². The molecule has 0 aromatic carbocycles. The zero-order chi connectivity index (χ0) is 13.8. The van der Waals surface area contributed by atoms with Crippen molar-refractivity contribution in [2.75, 3.05) is 6.61 Å². The molecule has 0 saturated heterocycles. The Kier molecular flexibility index (Phi) is 10.9. The van der Waals surface area contributed by atoms with Gasteiger partial charge in [-0.3, -0.25) is 0 Å². The third kappa shape index (κ3) is 7.65.